The zero-order valence-electron chi connectivity index (χ0n) is 9.22. The largest absolute Gasteiger partial charge is 0.390 e. The number of nitrogens with zero attached hydrogens (tertiary/aromatic N) is 2. The molecule has 88 valence electrons. The van der Waals surface area contributed by atoms with Crippen molar-refractivity contribution in [1.29, 1.82) is 0 Å². The Bertz CT molecular complexity index is 590. The summed E-state index contributed by atoms with van der Waals surface area (Å²) in [5.74, 6) is 0. The van der Waals surface area contributed by atoms with Crippen LogP contribution in [-0.4, -0.2) is 14.9 Å². The van der Waals surface area contributed by atoms with Crippen LogP contribution in [0.5, 0.6) is 0 Å². The monoisotopic (exact) mass is 250 g/mol. The first-order valence-corrected chi connectivity index (χ1v) is 5.46. The van der Waals surface area contributed by atoms with E-state index in [4.69, 9.17) is 16.7 Å². The molecule has 0 radical (unpaired) electrons. The van der Waals surface area contributed by atoms with E-state index in [0.717, 1.165) is 5.69 Å². The van der Waals surface area contributed by atoms with Gasteiger partial charge < -0.3 is 5.11 Å². The highest BCUT2D eigenvalue weighted by atomic mass is 35.5. The molecule has 1 heterocycles. The lowest BCUT2D eigenvalue weighted by Crippen LogP contribution is -2.18. The van der Waals surface area contributed by atoms with Gasteiger partial charge in [0.15, 0.2) is 0 Å². The van der Waals surface area contributed by atoms with Crippen LogP contribution in [-0.2, 0) is 6.61 Å². The van der Waals surface area contributed by atoms with Gasteiger partial charge in [-0.15, -0.1) is 0 Å². The van der Waals surface area contributed by atoms with Crippen LogP contribution in [0.25, 0.3) is 5.69 Å². The van der Waals surface area contributed by atoms with Crippen LogP contribution in [0.15, 0.2) is 35.1 Å². The number of halogens is 1. The molecule has 0 saturated carbocycles. The van der Waals surface area contributed by atoms with Crippen LogP contribution in [0.4, 0.5) is 0 Å². The van der Waals surface area contributed by atoms with Crippen LogP contribution in [0.3, 0.4) is 0 Å². The number of benzene rings is 1. The molecular weight excluding hydrogens is 240 g/mol. The van der Waals surface area contributed by atoms with E-state index in [1.54, 1.807) is 35.9 Å². The topological polar surface area (TPSA) is 55.1 Å². The Morgan fingerprint density at radius 1 is 1.35 bits per heavy atom. The Balaban J connectivity index is 2.59. The summed E-state index contributed by atoms with van der Waals surface area (Å²) in [6.45, 7) is 1.41. The number of hydrogen-bond donors (Lipinski definition) is 1. The Hall–Kier alpha value is -1.65. The van der Waals surface area contributed by atoms with Gasteiger partial charge in [-0.1, -0.05) is 11.6 Å². The number of aliphatic hydroxyl groups is 1. The molecule has 17 heavy (non-hydrogen) atoms. The standard InChI is InChI=1S/C12H11ClN2O2/c1-8-6-12(17)11(7-16)14-15(8)10-4-2-9(13)3-5-10/h2-6,16H,7H2,1H3. The molecule has 0 spiro atoms. The lowest BCUT2D eigenvalue weighted by Gasteiger charge is -2.10. The van der Waals surface area contributed by atoms with Crippen LogP contribution in [0, 0.1) is 6.92 Å². The third-order valence-electron chi connectivity index (χ3n) is 2.40. The molecular formula is C12H11ClN2O2. The van der Waals surface area contributed by atoms with E-state index in [2.05, 4.69) is 5.10 Å². The van der Waals surface area contributed by atoms with Crippen LogP contribution >= 0.6 is 11.6 Å². The molecule has 1 aromatic heterocycles. The minimum absolute atomic E-state index is 0.130. The van der Waals surface area contributed by atoms with Crippen molar-refractivity contribution in [1.82, 2.24) is 9.78 Å². The molecule has 0 unspecified atom stereocenters. The van der Waals surface area contributed by atoms with E-state index in [1.165, 1.54) is 6.07 Å². The van der Waals surface area contributed by atoms with Crippen molar-refractivity contribution in [2.24, 2.45) is 0 Å². The maximum atomic E-state index is 11.5. The van der Waals surface area contributed by atoms with Gasteiger partial charge in [0.25, 0.3) is 0 Å². The molecule has 0 saturated heterocycles. The fourth-order valence-corrected chi connectivity index (χ4v) is 1.66. The fraction of sp³-hybridized carbons (Fsp3) is 0.167. The van der Waals surface area contributed by atoms with Gasteiger partial charge in [-0.2, -0.15) is 5.10 Å². The third-order valence-corrected chi connectivity index (χ3v) is 2.65. The van der Waals surface area contributed by atoms with Crippen molar-refractivity contribution in [3.63, 3.8) is 0 Å². The maximum absolute atomic E-state index is 11.5. The summed E-state index contributed by atoms with van der Waals surface area (Å²) in [4.78, 5) is 11.5. The van der Waals surface area contributed by atoms with Crippen LogP contribution in [0.2, 0.25) is 5.02 Å². The SMILES string of the molecule is Cc1cc(=O)c(CO)nn1-c1ccc(Cl)cc1. The number of hydrogen-bond acceptors (Lipinski definition) is 3. The highest BCUT2D eigenvalue weighted by Crippen LogP contribution is 2.13. The summed E-state index contributed by atoms with van der Waals surface area (Å²) in [5.41, 5.74) is 1.37. The van der Waals surface area contributed by atoms with Crippen LogP contribution < -0.4 is 5.43 Å². The van der Waals surface area contributed by atoms with Gasteiger partial charge in [-0.3, -0.25) is 4.79 Å². The number of aliphatic hydroxyl groups excluding tert-OH is 1. The molecule has 2 rings (SSSR count). The normalized spacial score (nSPS) is 10.5. The minimum atomic E-state index is -0.368. The van der Waals surface area contributed by atoms with E-state index in [1.807, 2.05) is 0 Å². The van der Waals surface area contributed by atoms with Crippen molar-refractivity contribution >= 4 is 11.6 Å². The quantitative estimate of drug-likeness (QED) is 0.882. The van der Waals surface area contributed by atoms with Crippen molar-refractivity contribution in [2.75, 3.05) is 0 Å². The first-order valence-electron chi connectivity index (χ1n) is 5.08. The molecule has 1 N–H and O–H groups in total. The van der Waals surface area contributed by atoms with Crippen LogP contribution in [0.1, 0.15) is 11.4 Å². The van der Waals surface area contributed by atoms with E-state index >= 15 is 0 Å². The van der Waals surface area contributed by atoms with Gasteiger partial charge >= 0.3 is 0 Å². The van der Waals surface area contributed by atoms with Gasteiger partial charge in [-0.25, -0.2) is 4.68 Å². The minimum Gasteiger partial charge on any atom is -0.390 e. The van der Waals surface area contributed by atoms with E-state index in [0.29, 0.717) is 10.7 Å². The zero-order valence-corrected chi connectivity index (χ0v) is 9.98. The van der Waals surface area contributed by atoms with Gasteiger partial charge in [0, 0.05) is 16.8 Å². The molecule has 0 fully saturated rings. The second kappa shape index (κ2) is 4.69. The first kappa shape index (κ1) is 11.8. The number of aromatic nitrogens is 2. The Labute approximate surface area is 103 Å². The molecule has 5 heteroatoms. The van der Waals surface area contributed by atoms with Gasteiger partial charge in [0.1, 0.15) is 5.69 Å². The van der Waals surface area contributed by atoms with E-state index < -0.39 is 0 Å². The number of rotatable bonds is 2. The van der Waals surface area contributed by atoms with Crippen molar-refractivity contribution in [2.45, 2.75) is 13.5 Å². The average Bonchev–Trinajstić information content (AvgIpc) is 2.31. The highest BCUT2D eigenvalue weighted by molar-refractivity contribution is 6.30. The maximum Gasteiger partial charge on any atom is 0.206 e. The van der Waals surface area contributed by atoms with Crippen molar-refractivity contribution in [3.05, 3.63) is 57.0 Å². The molecule has 0 amide bonds. The lowest BCUT2D eigenvalue weighted by atomic mass is 10.3. The van der Waals surface area contributed by atoms with E-state index in [-0.39, 0.29) is 17.7 Å². The second-order valence-corrected chi connectivity index (χ2v) is 4.08. The average molecular weight is 251 g/mol. The molecule has 1 aromatic carbocycles. The predicted octanol–water partition coefficient (Wildman–Crippen LogP) is 1.69. The molecule has 2 aromatic rings. The summed E-state index contributed by atoms with van der Waals surface area (Å²) < 4.78 is 1.60. The first-order chi connectivity index (χ1) is 8.11. The smallest absolute Gasteiger partial charge is 0.206 e. The molecule has 0 bridgehead atoms. The highest BCUT2D eigenvalue weighted by Gasteiger charge is 2.06. The summed E-state index contributed by atoms with van der Waals surface area (Å²) in [6, 6.07) is 8.54. The second-order valence-electron chi connectivity index (χ2n) is 3.64. The predicted molar refractivity (Wildman–Crippen MR) is 65.5 cm³/mol. The van der Waals surface area contributed by atoms with Crippen molar-refractivity contribution in [3.8, 4) is 5.69 Å². The lowest BCUT2D eigenvalue weighted by molar-refractivity contribution is 0.273. The van der Waals surface area contributed by atoms with E-state index in [9.17, 15) is 4.79 Å². The molecule has 0 aliphatic rings. The van der Waals surface area contributed by atoms with Gasteiger partial charge in [-0.05, 0) is 31.2 Å². The third kappa shape index (κ3) is 2.38. The molecule has 4 nitrogen and oxygen atoms in total. The molecule has 0 aliphatic carbocycles. The summed E-state index contributed by atoms with van der Waals surface area (Å²) >= 11 is 5.80. The van der Waals surface area contributed by atoms with Crippen molar-refractivity contribution < 1.29 is 5.11 Å². The van der Waals surface area contributed by atoms with Gasteiger partial charge in [0.2, 0.25) is 5.43 Å². The Morgan fingerprint density at radius 2 is 2.00 bits per heavy atom. The summed E-state index contributed by atoms with van der Waals surface area (Å²) in [5, 5.41) is 13.8. The van der Waals surface area contributed by atoms with Gasteiger partial charge in [0.05, 0.1) is 12.3 Å². The fourth-order valence-electron chi connectivity index (χ4n) is 1.54. The zero-order chi connectivity index (χ0) is 12.4. The Morgan fingerprint density at radius 3 is 2.59 bits per heavy atom. The summed E-state index contributed by atoms with van der Waals surface area (Å²) in [7, 11) is 0. The number of aryl methyl sites for hydroxylation is 1. The summed E-state index contributed by atoms with van der Waals surface area (Å²) in [6.07, 6.45) is 0. The Kier molecular flexibility index (Phi) is 3.26. The molecule has 0 atom stereocenters. The molecule has 0 aliphatic heterocycles.